The molecule has 6 heteroatoms. The van der Waals surface area contributed by atoms with Gasteiger partial charge in [-0.05, 0) is 26.5 Å². The van der Waals surface area contributed by atoms with Crippen LogP contribution in [0.3, 0.4) is 0 Å². The van der Waals surface area contributed by atoms with E-state index in [4.69, 9.17) is 11.6 Å². The zero-order chi connectivity index (χ0) is 11.2. The van der Waals surface area contributed by atoms with Gasteiger partial charge in [0, 0.05) is 17.2 Å². The summed E-state index contributed by atoms with van der Waals surface area (Å²) in [7, 11) is -3.13. The second-order valence-corrected chi connectivity index (χ2v) is 7.46. The van der Waals surface area contributed by atoms with Crippen LogP contribution in [0.4, 0.5) is 0 Å². The predicted octanol–water partition coefficient (Wildman–Crippen LogP) is 1.68. The molecule has 0 spiro atoms. The van der Waals surface area contributed by atoms with Gasteiger partial charge in [0.2, 0.25) is 10.0 Å². The molecule has 0 fully saturated rings. The van der Waals surface area contributed by atoms with E-state index < -0.39 is 10.0 Å². The van der Waals surface area contributed by atoms with Gasteiger partial charge in [0.1, 0.15) is 0 Å². The number of rotatable bonds is 7. The second kappa shape index (κ2) is 6.20. The standard InChI is InChI=1S/C8H18ClNO2S2/c1-8(2,13-3)7-10-14(11,12)6-4-5-9/h10H,4-7H2,1-3H3. The monoisotopic (exact) mass is 259 g/mol. The summed E-state index contributed by atoms with van der Waals surface area (Å²) in [5.41, 5.74) is 0. The lowest BCUT2D eigenvalue weighted by Crippen LogP contribution is -2.37. The van der Waals surface area contributed by atoms with Crippen LogP contribution in [-0.4, -0.2) is 37.6 Å². The van der Waals surface area contributed by atoms with Crippen LogP contribution in [0.1, 0.15) is 20.3 Å². The number of halogens is 1. The molecule has 0 heterocycles. The topological polar surface area (TPSA) is 46.2 Å². The van der Waals surface area contributed by atoms with Crippen LogP contribution in [-0.2, 0) is 10.0 Å². The Morgan fingerprint density at radius 2 is 2.00 bits per heavy atom. The van der Waals surface area contributed by atoms with E-state index in [0.29, 0.717) is 18.8 Å². The molecule has 0 amide bonds. The van der Waals surface area contributed by atoms with E-state index in [1.54, 1.807) is 11.8 Å². The van der Waals surface area contributed by atoms with Crippen molar-refractivity contribution in [1.82, 2.24) is 4.72 Å². The molecule has 0 aliphatic carbocycles. The quantitative estimate of drug-likeness (QED) is 0.708. The lowest BCUT2D eigenvalue weighted by atomic mass is 10.2. The Bertz CT molecular complexity index is 252. The van der Waals surface area contributed by atoms with Crippen LogP contribution >= 0.6 is 23.4 Å². The lowest BCUT2D eigenvalue weighted by Gasteiger charge is -2.22. The molecule has 86 valence electrons. The van der Waals surface area contributed by atoms with E-state index in [1.165, 1.54) is 0 Å². The highest BCUT2D eigenvalue weighted by Crippen LogP contribution is 2.19. The molecule has 0 saturated heterocycles. The molecule has 0 aliphatic heterocycles. The first-order valence-corrected chi connectivity index (χ1v) is 7.82. The maximum atomic E-state index is 11.4. The number of sulfonamides is 1. The van der Waals surface area contributed by atoms with Crippen LogP contribution in [0.5, 0.6) is 0 Å². The van der Waals surface area contributed by atoms with Crippen LogP contribution in [0.25, 0.3) is 0 Å². The average Bonchev–Trinajstić information content (AvgIpc) is 2.12. The zero-order valence-corrected chi connectivity index (χ0v) is 11.2. The number of hydrogen-bond donors (Lipinski definition) is 1. The summed E-state index contributed by atoms with van der Waals surface area (Å²) in [6, 6.07) is 0. The molecule has 0 aliphatic rings. The Labute approximate surface area is 96.0 Å². The summed E-state index contributed by atoms with van der Waals surface area (Å²) in [6.07, 6.45) is 2.46. The van der Waals surface area contributed by atoms with Crippen molar-refractivity contribution in [3.8, 4) is 0 Å². The van der Waals surface area contributed by atoms with Crippen molar-refractivity contribution >= 4 is 33.4 Å². The zero-order valence-electron chi connectivity index (χ0n) is 8.84. The van der Waals surface area contributed by atoms with Gasteiger partial charge in [-0.3, -0.25) is 0 Å². The lowest BCUT2D eigenvalue weighted by molar-refractivity contribution is 0.569. The van der Waals surface area contributed by atoms with Gasteiger partial charge in [0.15, 0.2) is 0 Å². The maximum Gasteiger partial charge on any atom is 0.211 e. The minimum atomic E-state index is -3.13. The predicted molar refractivity (Wildman–Crippen MR) is 64.7 cm³/mol. The normalized spacial score (nSPS) is 13.1. The molecule has 0 rings (SSSR count). The minimum Gasteiger partial charge on any atom is -0.214 e. The summed E-state index contributed by atoms with van der Waals surface area (Å²) >= 11 is 7.07. The summed E-state index contributed by atoms with van der Waals surface area (Å²) in [4.78, 5) is 0. The highest BCUT2D eigenvalue weighted by Gasteiger charge is 2.19. The van der Waals surface area contributed by atoms with E-state index in [2.05, 4.69) is 4.72 Å². The molecule has 0 unspecified atom stereocenters. The van der Waals surface area contributed by atoms with Gasteiger partial charge in [-0.25, -0.2) is 13.1 Å². The van der Waals surface area contributed by atoms with E-state index in [-0.39, 0.29) is 10.5 Å². The molecule has 0 radical (unpaired) electrons. The van der Waals surface area contributed by atoms with Crippen molar-refractivity contribution in [1.29, 1.82) is 0 Å². The molecule has 1 N–H and O–H groups in total. The van der Waals surface area contributed by atoms with Crippen LogP contribution in [0.15, 0.2) is 0 Å². The van der Waals surface area contributed by atoms with Crippen molar-refractivity contribution < 1.29 is 8.42 Å². The van der Waals surface area contributed by atoms with Crippen molar-refractivity contribution in [2.24, 2.45) is 0 Å². The molecule has 0 aromatic carbocycles. The molecule has 0 atom stereocenters. The fourth-order valence-electron chi connectivity index (χ4n) is 0.673. The van der Waals surface area contributed by atoms with Gasteiger partial charge in [-0.15, -0.1) is 11.6 Å². The molecule has 0 aromatic heterocycles. The van der Waals surface area contributed by atoms with E-state index >= 15 is 0 Å². The summed E-state index contributed by atoms with van der Waals surface area (Å²) in [5, 5.41) is 0. The molecule has 14 heavy (non-hydrogen) atoms. The molecule has 0 aromatic rings. The minimum absolute atomic E-state index is 0.0615. The van der Waals surface area contributed by atoms with Crippen molar-refractivity contribution in [3.63, 3.8) is 0 Å². The SMILES string of the molecule is CSC(C)(C)CNS(=O)(=O)CCCCl. The molecular weight excluding hydrogens is 242 g/mol. The maximum absolute atomic E-state index is 11.4. The first kappa shape index (κ1) is 14.6. The Balaban J connectivity index is 4.00. The third kappa shape index (κ3) is 6.92. The van der Waals surface area contributed by atoms with E-state index in [9.17, 15) is 8.42 Å². The highest BCUT2D eigenvalue weighted by molar-refractivity contribution is 8.00. The van der Waals surface area contributed by atoms with Gasteiger partial charge >= 0.3 is 0 Å². The van der Waals surface area contributed by atoms with E-state index in [1.807, 2.05) is 20.1 Å². The van der Waals surface area contributed by atoms with Crippen molar-refractivity contribution in [2.45, 2.75) is 25.0 Å². The van der Waals surface area contributed by atoms with Gasteiger partial charge in [-0.2, -0.15) is 11.8 Å². The molecule has 3 nitrogen and oxygen atoms in total. The summed E-state index contributed by atoms with van der Waals surface area (Å²) < 4.78 is 25.3. The number of nitrogens with one attached hydrogen (secondary N) is 1. The van der Waals surface area contributed by atoms with Crippen LogP contribution in [0, 0.1) is 0 Å². The Morgan fingerprint density at radius 1 is 1.43 bits per heavy atom. The molecule has 0 saturated carbocycles. The summed E-state index contributed by atoms with van der Waals surface area (Å²) in [5.74, 6) is 0.494. The number of thioether (sulfide) groups is 1. The first-order chi connectivity index (χ1) is 6.33. The third-order valence-electron chi connectivity index (χ3n) is 1.82. The Morgan fingerprint density at radius 3 is 2.43 bits per heavy atom. The molecule has 0 bridgehead atoms. The molecular formula is C8H18ClNO2S2. The van der Waals surface area contributed by atoms with Gasteiger partial charge in [0.05, 0.1) is 5.75 Å². The van der Waals surface area contributed by atoms with Crippen molar-refractivity contribution in [3.05, 3.63) is 0 Å². The average molecular weight is 260 g/mol. The third-order valence-corrected chi connectivity index (χ3v) is 4.74. The summed E-state index contributed by atoms with van der Waals surface area (Å²) in [6.45, 7) is 4.46. The first-order valence-electron chi connectivity index (χ1n) is 4.41. The smallest absolute Gasteiger partial charge is 0.211 e. The number of hydrogen-bond acceptors (Lipinski definition) is 3. The Hall–Kier alpha value is 0.550. The largest absolute Gasteiger partial charge is 0.214 e. The fraction of sp³-hybridized carbons (Fsp3) is 1.00. The van der Waals surface area contributed by atoms with Gasteiger partial charge in [0.25, 0.3) is 0 Å². The Kier molecular flexibility index (Phi) is 6.45. The fourth-order valence-corrected chi connectivity index (χ4v) is 2.52. The van der Waals surface area contributed by atoms with Gasteiger partial charge in [-0.1, -0.05) is 0 Å². The second-order valence-electron chi connectivity index (χ2n) is 3.65. The van der Waals surface area contributed by atoms with Crippen LogP contribution in [0.2, 0.25) is 0 Å². The van der Waals surface area contributed by atoms with Crippen molar-refractivity contribution in [2.75, 3.05) is 24.4 Å². The van der Waals surface area contributed by atoms with E-state index in [0.717, 1.165) is 0 Å². The highest BCUT2D eigenvalue weighted by atomic mass is 35.5. The van der Waals surface area contributed by atoms with Gasteiger partial charge < -0.3 is 0 Å². The number of alkyl halides is 1. The van der Waals surface area contributed by atoms with Crippen LogP contribution < -0.4 is 4.72 Å².